The van der Waals surface area contributed by atoms with Crippen LogP contribution in [0.1, 0.15) is 76.2 Å². The quantitative estimate of drug-likeness (QED) is 0.0633. The molecule has 0 aliphatic heterocycles. The van der Waals surface area contributed by atoms with Crippen molar-refractivity contribution in [2.24, 2.45) is 42.3 Å². The van der Waals surface area contributed by atoms with Crippen LogP contribution >= 0.6 is 0 Å². The maximum Gasteiger partial charge on any atom is 0.352 e. The van der Waals surface area contributed by atoms with Gasteiger partial charge in [0.05, 0.1) is 17.1 Å². The Hall–Kier alpha value is -8.77. The molecule has 0 unspecified atom stereocenters. The Labute approximate surface area is 362 Å². The van der Waals surface area contributed by atoms with Gasteiger partial charge in [0.2, 0.25) is 23.5 Å². The van der Waals surface area contributed by atoms with E-state index in [9.17, 15) is 43.5 Å². The zero-order chi connectivity index (χ0) is 46.4. The topological polar surface area (TPSA) is 309 Å². The number of amides is 7. The van der Waals surface area contributed by atoms with Crippen LogP contribution in [0.3, 0.4) is 0 Å². The molecule has 0 fully saturated rings. The highest BCUT2D eigenvalue weighted by molar-refractivity contribution is 6.05. The van der Waals surface area contributed by atoms with E-state index in [1.807, 2.05) is 0 Å². The minimum atomic E-state index is -1.16. The van der Waals surface area contributed by atoms with Gasteiger partial charge in [-0.2, -0.15) is 0 Å². The number of hydrogen-bond donors (Lipinski definition) is 8. The lowest BCUT2D eigenvalue weighted by Crippen LogP contribution is -2.29. The highest BCUT2D eigenvalue weighted by Gasteiger charge is 2.21. The predicted molar refractivity (Wildman–Crippen MR) is 228 cm³/mol. The molecular formula is C39H44N16O9. The standard InChI is InChI=1S/C39H44N16O9/c1-50-12-11-40-31(50)36(60)43-21-13-24(51(2)16-21)34(58)41-9-7-29(56)46-27-19-54(5)32(48-27)37(61)44-22-14-25(52(3)17-22)35(59)42-10-8-30(57)47-28-20-55(6)33(49-28)38(62)45-23-15-26(39(63)64)53(4)18-23/h11-20H,7-10H2,1-6H3,(H,41,58)(H,42,59)(H,43,60)(H,44,61)(H,45,62)(H,46,56)(H,47,57)(H,63,64). The van der Waals surface area contributed by atoms with Crippen molar-refractivity contribution in [3.05, 3.63) is 96.1 Å². The fourth-order valence-corrected chi connectivity index (χ4v) is 6.35. The van der Waals surface area contributed by atoms with E-state index in [1.165, 1.54) is 79.1 Å². The molecule has 0 aromatic carbocycles. The van der Waals surface area contributed by atoms with Crippen LogP contribution in [0.15, 0.2) is 61.6 Å². The highest BCUT2D eigenvalue weighted by Crippen LogP contribution is 2.18. The second-order valence-electron chi connectivity index (χ2n) is 14.4. The smallest absolute Gasteiger partial charge is 0.352 e. The number of aromatic carboxylic acids is 1. The van der Waals surface area contributed by atoms with Crippen molar-refractivity contribution in [3.8, 4) is 0 Å². The van der Waals surface area contributed by atoms with Crippen LogP contribution in [0, 0.1) is 0 Å². The molecule has 6 aromatic heterocycles. The Kier molecular flexibility index (Phi) is 13.2. The number of carbonyl (C=O) groups is 8. The molecule has 25 heteroatoms. The van der Waals surface area contributed by atoms with Gasteiger partial charge in [-0.05, 0) is 18.2 Å². The van der Waals surface area contributed by atoms with Crippen molar-refractivity contribution in [1.29, 1.82) is 0 Å². The average molecular weight is 881 g/mol. The van der Waals surface area contributed by atoms with Gasteiger partial charge in [-0.3, -0.25) is 33.6 Å². The molecule has 6 rings (SSSR count). The molecule has 0 saturated heterocycles. The number of rotatable bonds is 17. The van der Waals surface area contributed by atoms with E-state index >= 15 is 0 Å². The number of carboxylic acids is 1. The summed E-state index contributed by atoms with van der Waals surface area (Å²) >= 11 is 0. The van der Waals surface area contributed by atoms with Gasteiger partial charge in [-0.25, -0.2) is 19.7 Å². The number of imidazole rings is 3. The van der Waals surface area contributed by atoms with Gasteiger partial charge in [0.15, 0.2) is 17.5 Å². The fourth-order valence-electron chi connectivity index (χ4n) is 6.35. The van der Waals surface area contributed by atoms with Crippen LogP contribution in [-0.2, 0) is 51.9 Å². The third kappa shape index (κ3) is 10.6. The maximum absolute atomic E-state index is 13.2. The Morgan fingerprint density at radius 3 is 1.25 bits per heavy atom. The van der Waals surface area contributed by atoms with Crippen LogP contribution in [0.25, 0.3) is 0 Å². The number of carbonyl (C=O) groups excluding carboxylic acids is 7. The number of hydrogen-bond acceptors (Lipinski definition) is 11. The van der Waals surface area contributed by atoms with Crippen LogP contribution in [0.2, 0.25) is 0 Å². The van der Waals surface area contributed by atoms with E-state index in [0.29, 0.717) is 5.69 Å². The van der Waals surface area contributed by atoms with Crippen molar-refractivity contribution in [2.75, 3.05) is 39.7 Å². The van der Waals surface area contributed by atoms with Gasteiger partial charge in [0.25, 0.3) is 29.5 Å². The van der Waals surface area contributed by atoms with Gasteiger partial charge in [0.1, 0.15) is 17.1 Å². The maximum atomic E-state index is 13.2. The molecular weight excluding hydrogens is 837 g/mol. The summed E-state index contributed by atoms with van der Waals surface area (Å²) in [6, 6.07) is 4.22. The molecule has 6 aromatic rings. The zero-order valence-corrected chi connectivity index (χ0v) is 35.3. The molecule has 25 nitrogen and oxygen atoms in total. The second kappa shape index (κ2) is 18.9. The third-order valence-corrected chi connectivity index (χ3v) is 9.47. The zero-order valence-electron chi connectivity index (χ0n) is 35.3. The Bertz CT molecular complexity index is 2810. The summed E-state index contributed by atoms with van der Waals surface area (Å²) in [6.45, 7) is -0.0825. The Morgan fingerprint density at radius 2 is 0.875 bits per heavy atom. The lowest BCUT2D eigenvalue weighted by Gasteiger charge is -2.06. The summed E-state index contributed by atoms with van der Waals surface area (Å²) in [7, 11) is 9.53. The molecule has 7 amide bonds. The lowest BCUT2D eigenvalue weighted by molar-refractivity contribution is -0.116. The molecule has 0 spiro atoms. The van der Waals surface area contributed by atoms with Gasteiger partial charge in [-0.15, -0.1) is 0 Å². The number of nitrogens with one attached hydrogen (secondary N) is 7. The summed E-state index contributed by atoms with van der Waals surface area (Å²) in [6.07, 6.45) is 10.2. The first-order chi connectivity index (χ1) is 30.4. The van der Waals surface area contributed by atoms with Crippen LogP contribution < -0.4 is 37.2 Å². The SMILES string of the molecule is Cn1cc(NC(=O)c2nc(NC(=O)CCNC(=O)c3cc(NC(=O)c4nc(NC(=O)CCNC(=O)c5cc(NC(=O)c6nccn6C)cn5C)cn4C)cn3C)cn2C)cc1C(=O)O. The molecule has 64 heavy (non-hydrogen) atoms. The van der Waals surface area contributed by atoms with E-state index in [0.717, 1.165) is 0 Å². The van der Waals surface area contributed by atoms with E-state index < -0.39 is 47.3 Å². The van der Waals surface area contributed by atoms with Crippen LogP contribution in [-0.4, -0.2) is 108 Å². The molecule has 0 atom stereocenters. The van der Waals surface area contributed by atoms with E-state index in [-0.39, 0.29) is 83.5 Å². The van der Waals surface area contributed by atoms with Crippen LogP contribution in [0.5, 0.6) is 0 Å². The van der Waals surface area contributed by atoms with E-state index in [2.05, 4.69) is 52.2 Å². The fraction of sp³-hybridized carbons (Fsp3) is 0.256. The Balaban J connectivity index is 0.924. The molecule has 334 valence electrons. The monoisotopic (exact) mass is 880 g/mol. The summed E-state index contributed by atoms with van der Waals surface area (Å²) < 4.78 is 8.70. The first-order valence-electron chi connectivity index (χ1n) is 19.2. The second-order valence-corrected chi connectivity index (χ2v) is 14.4. The molecule has 0 saturated carbocycles. The number of nitrogens with zero attached hydrogens (tertiary/aromatic N) is 9. The minimum Gasteiger partial charge on any atom is -0.477 e. The van der Waals surface area contributed by atoms with Crippen molar-refractivity contribution < 1.29 is 43.5 Å². The van der Waals surface area contributed by atoms with Crippen molar-refractivity contribution >= 4 is 76.0 Å². The Morgan fingerprint density at radius 1 is 0.484 bits per heavy atom. The van der Waals surface area contributed by atoms with E-state index in [4.69, 9.17) is 0 Å². The molecule has 6 heterocycles. The summed E-state index contributed by atoms with van der Waals surface area (Å²) in [5.41, 5.74) is 1.30. The number of anilines is 5. The third-order valence-electron chi connectivity index (χ3n) is 9.47. The normalized spacial score (nSPS) is 10.8. The summed E-state index contributed by atoms with van der Waals surface area (Å²) in [4.78, 5) is 113. The van der Waals surface area contributed by atoms with Gasteiger partial charge >= 0.3 is 5.97 Å². The minimum absolute atomic E-state index is 0.0212. The van der Waals surface area contributed by atoms with Crippen molar-refractivity contribution in [2.45, 2.75) is 12.8 Å². The summed E-state index contributed by atoms with van der Waals surface area (Å²) in [5.74, 6) is -4.57. The molecule has 0 bridgehead atoms. The van der Waals surface area contributed by atoms with Crippen molar-refractivity contribution in [1.82, 2.24) is 53.0 Å². The molecule has 0 aliphatic carbocycles. The lowest BCUT2D eigenvalue weighted by atomic mass is 10.3. The molecule has 0 aliphatic rings. The van der Waals surface area contributed by atoms with Crippen molar-refractivity contribution in [3.63, 3.8) is 0 Å². The first kappa shape index (κ1) is 44.8. The van der Waals surface area contributed by atoms with Gasteiger partial charge in [-0.1, -0.05) is 0 Å². The molecule has 8 N–H and O–H groups in total. The summed E-state index contributed by atoms with van der Waals surface area (Å²) in [5, 5.41) is 27.6. The molecule has 0 radical (unpaired) electrons. The largest absolute Gasteiger partial charge is 0.477 e. The average Bonchev–Trinajstić information content (AvgIpc) is 4.08. The predicted octanol–water partition coefficient (Wildman–Crippen LogP) is 0.875. The van der Waals surface area contributed by atoms with Gasteiger partial charge in [0, 0.05) is 112 Å². The highest BCUT2D eigenvalue weighted by atomic mass is 16.4. The number of carboxylic acid groups (broad SMARTS) is 1. The number of aryl methyl sites for hydroxylation is 6. The van der Waals surface area contributed by atoms with Gasteiger partial charge < -0.3 is 69.7 Å². The van der Waals surface area contributed by atoms with E-state index in [1.54, 1.807) is 52.2 Å². The first-order valence-corrected chi connectivity index (χ1v) is 19.2. The van der Waals surface area contributed by atoms with Crippen LogP contribution in [0.4, 0.5) is 28.7 Å². The number of aromatic nitrogens is 9.